The zero-order valence-electron chi connectivity index (χ0n) is 75.0. The van der Waals surface area contributed by atoms with Crippen LogP contribution in [0.15, 0.2) is 0 Å². The van der Waals surface area contributed by atoms with E-state index in [9.17, 15) is 199 Å². The Bertz CT molecular complexity index is 3770. The summed E-state index contributed by atoms with van der Waals surface area (Å²) in [6.45, 7) is -10.5. The van der Waals surface area contributed by atoms with Crippen LogP contribution in [0.5, 0.6) is 0 Å². The molecule has 0 aromatic carbocycles. The lowest BCUT2D eigenvalue weighted by Gasteiger charge is -2.72. The van der Waals surface area contributed by atoms with Crippen LogP contribution in [0.25, 0.3) is 0 Å². The van der Waals surface area contributed by atoms with E-state index in [-0.39, 0.29) is 0 Å². The molecular formula is C80H110O64. The molecule has 31 heterocycles. The van der Waals surface area contributed by atoms with Crippen molar-refractivity contribution < 1.29 is 313 Å². The van der Waals surface area contributed by atoms with Crippen molar-refractivity contribution in [3.05, 3.63) is 0 Å². The number of esters is 8. The van der Waals surface area contributed by atoms with Gasteiger partial charge < -0.3 is 236 Å². The van der Waals surface area contributed by atoms with Crippen LogP contribution in [0.1, 0.15) is 103 Å². The second kappa shape index (κ2) is 51.7. The molecule has 0 spiro atoms. The molecule has 144 heavy (non-hydrogen) atoms. The molecule has 814 valence electrons. The van der Waals surface area contributed by atoms with E-state index < -0.39 is 496 Å². The highest BCUT2D eigenvalue weighted by Gasteiger charge is 2.87. The summed E-state index contributed by atoms with van der Waals surface area (Å²) >= 11 is 0. The number of carboxylic acid groups (broad SMARTS) is 8. The number of carboxylic acids is 8. The van der Waals surface area contributed by atoms with Crippen molar-refractivity contribution in [1.82, 2.24) is 0 Å². The van der Waals surface area contributed by atoms with E-state index in [0.29, 0.717) is 0 Å². The van der Waals surface area contributed by atoms with Crippen LogP contribution >= 0.6 is 0 Å². The SMILES string of the molecule is O=C(O)CCC(=O)OCC1OC2OC3C(COC(=O)CCC(=O)O)OC(OC4C(COC(=O)CCC(=O)O)OC(OC5C(COC(=O)CCC(=O)O)OC(OC6C(O)C7(O)C(OC8C(COC(=O)CCC(=O)O)OC(OC9C(COC(=O)CCC(=O)O)OC(OC%10C(COC(=O)CCC(=O)O)OC(OC1C(O)C2O)C(O)C%10O)C(O)C9O)C(O)C8O)OC67COC(=O)CCC(=O)O)C(O)C5O)C(O)C4O)C(O)C3O. The monoisotopic (exact) mass is 2090 g/mol. The number of hydrogen-bond donors (Lipinski definition) is 24. The zero-order chi connectivity index (χ0) is 106. The molecule has 18 bridgehead atoms. The van der Waals surface area contributed by atoms with Crippen LogP contribution in [0.3, 0.4) is 0 Å². The van der Waals surface area contributed by atoms with Gasteiger partial charge in [0.1, 0.15) is 236 Å². The zero-order valence-corrected chi connectivity index (χ0v) is 75.0. The molecule has 0 radical (unpaired) electrons. The molecule has 64 heteroatoms. The minimum Gasteiger partial charge on any atom is -0.481 e. The average molecular weight is 2100 g/mol. The summed E-state index contributed by atoms with van der Waals surface area (Å²) in [6.07, 6.45) is -111. The highest BCUT2D eigenvalue weighted by atomic mass is 16.8. The number of rotatable bonds is 40. The van der Waals surface area contributed by atoms with Gasteiger partial charge in [-0.2, -0.15) is 0 Å². The van der Waals surface area contributed by atoms with Gasteiger partial charge in [-0.25, -0.2) is 0 Å². The van der Waals surface area contributed by atoms with Crippen molar-refractivity contribution in [2.75, 3.05) is 52.9 Å². The van der Waals surface area contributed by atoms with Gasteiger partial charge in [0.15, 0.2) is 61.5 Å². The Labute approximate surface area is 806 Å². The highest BCUT2D eigenvalue weighted by molar-refractivity contribution is 5.80. The maximum Gasteiger partial charge on any atom is 0.306 e. The fourth-order valence-corrected chi connectivity index (χ4v) is 16.3. The van der Waals surface area contributed by atoms with Gasteiger partial charge in [-0.3, -0.25) is 76.7 Å². The molecule has 1 saturated carbocycles. The number of aliphatic hydroxyl groups is 16. The molecule has 32 fully saturated rings. The third-order valence-corrected chi connectivity index (χ3v) is 24.0. The molecule has 64 nitrogen and oxygen atoms in total. The average Bonchev–Trinajstić information content (AvgIpc) is 0.648. The fraction of sp³-hybridized carbons (Fsp3) is 0.800. The molecule has 31 saturated heterocycles. The summed E-state index contributed by atoms with van der Waals surface area (Å²) < 4.78 is 138. The van der Waals surface area contributed by atoms with Gasteiger partial charge >= 0.3 is 95.5 Å². The van der Waals surface area contributed by atoms with Gasteiger partial charge in [-0.05, 0) is 0 Å². The van der Waals surface area contributed by atoms with Crippen LogP contribution in [-0.2, 0) is 190 Å². The molecule has 1 aliphatic carbocycles. The van der Waals surface area contributed by atoms with Crippen molar-refractivity contribution >= 4 is 95.5 Å². The van der Waals surface area contributed by atoms with E-state index in [0.717, 1.165) is 0 Å². The van der Waals surface area contributed by atoms with Crippen LogP contribution in [0.2, 0.25) is 0 Å². The third-order valence-electron chi connectivity index (χ3n) is 24.0. The molecule has 40 unspecified atom stereocenters. The van der Waals surface area contributed by atoms with Crippen molar-refractivity contribution in [2.24, 2.45) is 0 Å². The van der Waals surface area contributed by atoms with Gasteiger partial charge in [-0.1, -0.05) is 0 Å². The highest BCUT2D eigenvalue weighted by Crippen LogP contribution is 2.61. The first-order valence-electron chi connectivity index (χ1n) is 44.3. The summed E-state index contributed by atoms with van der Waals surface area (Å²) in [4.78, 5) is 199. The maximum absolute atomic E-state index is 13.3. The van der Waals surface area contributed by atoms with Crippen molar-refractivity contribution in [1.29, 1.82) is 0 Å². The second-order valence-electron chi connectivity index (χ2n) is 34.1. The largest absolute Gasteiger partial charge is 0.481 e. The Balaban J connectivity index is 1.08. The fourth-order valence-electron chi connectivity index (χ4n) is 16.3. The number of ether oxygens (including phenoxy) is 24. The molecule has 0 amide bonds. The molecule has 0 aromatic rings. The van der Waals surface area contributed by atoms with Gasteiger partial charge in [0.2, 0.25) is 0 Å². The minimum absolute atomic E-state index is 0.923. The lowest BCUT2D eigenvalue weighted by molar-refractivity contribution is -0.542. The maximum atomic E-state index is 13.3. The first-order valence-corrected chi connectivity index (χ1v) is 44.3. The van der Waals surface area contributed by atoms with Crippen molar-refractivity contribution in [3.8, 4) is 0 Å². The summed E-state index contributed by atoms with van der Waals surface area (Å²) in [5, 5.41) is 271. The van der Waals surface area contributed by atoms with Crippen LogP contribution in [0, 0.1) is 0 Å². The quantitative estimate of drug-likeness (QED) is 0.0200. The Hall–Kier alpha value is -9.76. The summed E-state index contributed by atoms with van der Waals surface area (Å²) in [6, 6.07) is 0. The molecule has 32 aliphatic rings. The molecule has 24 N–H and O–H groups in total. The van der Waals surface area contributed by atoms with Crippen LogP contribution in [0.4, 0.5) is 0 Å². The molecule has 32 rings (SSSR count). The van der Waals surface area contributed by atoms with E-state index in [1.54, 1.807) is 0 Å². The predicted octanol–water partition coefficient (Wildman–Crippen LogP) is -14.3. The van der Waals surface area contributed by atoms with E-state index in [1.807, 2.05) is 0 Å². The van der Waals surface area contributed by atoms with Gasteiger partial charge in [-0.15, -0.1) is 0 Å². The number of aliphatic carboxylic acids is 8. The van der Waals surface area contributed by atoms with E-state index in [2.05, 4.69) is 0 Å². The van der Waals surface area contributed by atoms with E-state index in [4.69, 9.17) is 114 Å². The Morgan fingerprint density at radius 1 is 0.201 bits per heavy atom. The first kappa shape index (κ1) is 116. The van der Waals surface area contributed by atoms with E-state index in [1.165, 1.54) is 0 Å². The standard InChI is InChI=1S/C80H110O64/c81-32(82)1-9-40(97)121-17-25-62-48(105)55(112)71(129-25)137-63-26(18-122-41(98)10-2-33(83)84)131-73(57(114)49(63)106)139-65-28(20-124-43(100)12-4-35(87)88)133-75(59(116)51(65)108)141-67-30(22-126-45(102)14-6-37(91)92)135-77(61(118)53(67)110)143-70-69(119)80(120)78(144-79(70,80)24-128-47(104)16-8-39(95)96)142-68-31(23-127-46(103)15-7-38(93)94)134-76(60(117)54(68)111)140-66-29(21-125-44(101)13-5-36(89)90)132-74(58(115)52(66)109)138-64-27(19-123-42(99)11-3-34(85)86)130-72(136-62)56(113)50(64)107/h25-31,48-78,105-120H,1-24H2,(H,81,82)(H,83,84)(H,85,86)(H,87,88)(H,89,90)(H,91,92)(H,93,94)(H,95,96). The van der Waals surface area contributed by atoms with Crippen molar-refractivity contribution in [3.63, 3.8) is 0 Å². The topological polar surface area (TPSA) is 980 Å². The summed E-state index contributed by atoms with van der Waals surface area (Å²) in [5.74, 6) is -23.7. The number of aliphatic hydroxyl groups excluding tert-OH is 15. The van der Waals surface area contributed by atoms with E-state index >= 15 is 0 Å². The van der Waals surface area contributed by atoms with Gasteiger partial charge in [0.25, 0.3) is 0 Å². The van der Waals surface area contributed by atoms with Crippen LogP contribution in [-0.4, -0.2) is 516 Å². The molecule has 31 aliphatic heterocycles. The lowest BCUT2D eigenvalue weighted by Crippen LogP contribution is -2.97. The van der Waals surface area contributed by atoms with Gasteiger partial charge in [0.05, 0.1) is 103 Å². The molecule has 0 aromatic heterocycles. The first-order chi connectivity index (χ1) is 67.8. The normalized spacial score (nSPS) is 38.9. The minimum atomic E-state index is -3.23. The van der Waals surface area contributed by atoms with Crippen molar-refractivity contribution in [2.45, 2.75) is 347 Å². The summed E-state index contributed by atoms with van der Waals surface area (Å²) in [7, 11) is 0. The molecule has 40 atom stereocenters. The number of carbonyl (C=O) groups is 16. The van der Waals surface area contributed by atoms with Crippen LogP contribution < -0.4 is 0 Å². The Kier molecular flexibility index (Phi) is 41.7. The second-order valence-corrected chi connectivity index (χ2v) is 34.1. The molecular weight excluding hydrogens is 1980 g/mol. The Morgan fingerprint density at radius 3 is 0.535 bits per heavy atom. The Morgan fingerprint density at radius 2 is 0.361 bits per heavy atom. The summed E-state index contributed by atoms with van der Waals surface area (Å²) in [5.41, 5.74) is -6.13. The third kappa shape index (κ3) is 29.2. The van der Waals surface area contributed by atoms with Gasteiger partial charge in [0, 0.05) is 0 Å². The predicted molar refractivity (Wildman–Crippen MR) is 425 cm³/mol. The number of hydrogen-bond acceptors (Lipinski definition) is 56. The lowest BCUT2D eigenvalue weighted by atomic mass is 9.55. The number of carbonyl (C=O) groups excluding carboxylic acids is 8. The smallest absolute Gasteiger partial charge is 0.306 e.